The molecule has 27 heavy (non-hydrogen) atoms. The van der Waals surface area contributed by atoms with Gasteiger partial charge in [-0.3, -0.25) is 19.3 Å². The fourth-order valence-corrected chi connectivity index (χ4v) is 4.66. The first-order chi connectivity index (χ1) is 12.7. The first-order valence-electron chi connectivity index (χ1n) is 7.95. The number of halogens is 1. The first-order valence-corrected chi connectivity index (χ1v) is 10.5. The number of rotatable bonds is 5. The molecule has 3 amide bonds. The number of sulfone groups is 1. The summed E-state index contributed by atoms with van der Waals surface area (Å²) in [4.78, 5) is 37.5. The molecule has 0 spiro atoms. The molecule has 0 saturated carbocycles. The normalized spacial score (nSPS) is 22.6. The highest BCUT2D eigenvalue weighted by Gasteiger charge is 2.35. The van der Waals surface area contributed by atoms with E-state index < -0.39 is 38.7 Å². The maximum atomic E-state index is 12.9. The van der Waals surface area contributed by atoms with Crippen LogP contribution in [0.1, 0.15) is 12.0 Å². The van der Waals surface area contributed by atoms with Crippen molar-refractivity contribution in [2.75, 3.05) is 12.3 Å². The third-order valence-electron chi connectivity index (χ3n) is 3.88. The number of hydrogen-bond donors (Lipinski definition) is 1. The van der Waals surface area contributed by atoms with E-state index in [9.17, 15) is 27.2 Å². The van der Waals surface area contributed by atoms with Crippen molar-refractivity contribution >= 4 is 44.7 Å². The molecule has 0 radical (unpaired) electrons. The van der Waals surface area contributed by atoms with Gasteiger partial charge >= 0.3 is 0 Å². The van der Waals surface area contributed by atoms with Crippen LogP contribution in [0, 0.1) is 5.82 Å². The number of carbonyl (C=O) groups excluding carboxylic acids is 3. The van der Waals surface area contributed by atoms with Crippen molar-refractivity contribution < 1.29 is 27.2 Å². The summed E-state index contributed by atoms with van der Waals surface area (Å²) in [6.07, 6.45) is 2.74. The van der Waals surface area contributed by atoms with Crippen molar-refractivity contribution in [3.63, 3.8) is 0 Å². The predicted octanol–water partition coefficient (Wildman–Crippen LogP) is 1.68. The molecule has 1 N–H and O–H groups in total. The van der Waals surface area contributed by atoms with Gasteiger partial charge < -0.3 is 5.32 Å². The van der Waals surface area contributed by atoms with Crippen LogP contribution in [0.5, 0.6) is 0 Å². The Morgan fingerprint density at radius 3 is 2.63 bits per heavy atom. The van der Waals surface area contributed by atoms with E-state index in [1.54, 1.807) is 0 Å². The van der Waals surface area contributed by atoms with Gasteiger partial charge in [-0.05, 0) is 41.6 Å². The van der Waals surface area contributed by atoms with Crippen LogP contribution in [0.15, 0.2) is 40.7 Å². The van der Waals surface area contributed by atoms with E-state index in [0.717, 1.165) is 22.1 Å². The summed E-state index contributed by atoms with van der Waals surface area (Å²) >= 11 is 0.748. The standard InChI is InChI=1S/C17H15FN2O5S2/c18-12-3-1-11(2-4-12)9-14-16(22)20(17(23)26-14)7-5-15(21)19-13-6-8-27(24,25)10-13/h1-4,6,8-9,13H,5,7,10H2,(H,19,21). The Balaban J connectivity index is 1.57. The van der Waals surface area contributed by atoms with Gasteiger partial charge in [0.05, 0.1) is 16.7 Å². The average molecular weight is 410 g/mol. The van der Waals surface area contributed by atoms with Crippen LogP contribution in [0.25, 0.3) is 6.08 Å². The van der Waals surface area contributed by atoms with Crippen LogP contribution < -0.4 is 5.32 Å². The number of hydrogen-bond acceptors (Lipinski definition) is 6. The highest BCUT2D eigenvalue weighted by Crippen LogP contribution is 2.32. The first kappa shape index (κ1) is 19.3. The zero-order chi connectivity index (χ0) is 19.6. The molecule has 1 aromatic carbocycles. The number of carbonyl (C=O) groups is 3. The molecular weight excluding hydrogens is 395 g/mol. The van der Waals surface area contributed by atoms with E-state index >= 15 is 0 Å². The van der Waals surface area contributed by atoms with Crippen molar-refractivity contribution in [3.05, 3.63) is 52.0 Å². The van der Waals surface area contributed by atoms with Gasteiger partial charge in [-0.25, -0.2) is 12.8 Å². The molecule has 2 aliphatic rings. The zero-order valence-electron chi connectivity index (χ0n) is 13.9. The molecule has 0 aliphatic carbocycles. The minimum absolute atomic E-state index is 0.111. The third kappa shape index (κ3) is 4.83. The summed E-state index contributed by atoms with van der Waals surface area (Å²) in [5.74, 6) is -1.58. The van der Waals surface area contributed by atoms with Gasteiger partial charge in [0.1, 0.15) is 5.82 Å². The second-order valence-electron chi connectivity index (χ2n) is 5.97. The van der Waals surface area contributed by atoms with Gasteiger partial charge in [-0.2, -0.15) is 0 Å². The lowest BCUT2D eigenvalue weighted by atomic mass is 10.2. The van der Waals surface area contributed by atoms with E-state index in [4.69, 9.17) is 0 Å². The Morgan fingerprint density at radius 1 is 1.30 bits per heavy atom. The molecule has 142 valence electrons. The molecule has 1 unspecified atom stereocenters. The van der Waals surface area contributed by atoms with E-state index in [0.29, 0.717) is 5.56 Å². The molecule has 0 aromatic heterocycles. The Morgan fingerprint density at radius 2 is 2.00 bits per heavy atom. The Kier molecular flexibility index (Phi) is 5.47. The minimum Gasteiger partial charge on any atom is -0.349 e. The van der Waals surface area contributed by atoms with Crippen molar-refractivity contribution in [2.24, 2.45) is 0 Å². The lowest BCUT2D eigenvalue weighted by Crippen LogP contribution is -2.38. The summed E-state index contributed by atoms with van der Waals surface area (Å²) in [5, 5.41) is 3.09. The second kappa shape index (κ2) is 7.65. The molecule has 3 rings (SSSR count). The smallest absolute Gasteiger partial charge is 0.293 e. The Bertz CT molecular complexity index is 954. The van der Waals surface area contributed by atoms with Gasteiger partial charge in [0.2, 0.25) is 5.91 Å². The summed E-state index contributed by atoms with van der Waals surface area (Å²) in [6, 6.07) is 4.87. The largest absolute Gasteiger partial charge is 0.349 e. The fraction of sp³-hybridized carbons (Fsp3) is 0.235. The zero-order valence-corrected chi connectivity index (χ0v) is 15.6. The molecule has 0 bridgehead atoms. The predicted molar refractivity (Wildman–Crippen MR) is 98.6 cm³/mol. The highest BCUT2D eigenvalue weighted by atomic mass is 32.2. The van der Waals surface area contributed by atoms with Crippen molar-refractivity contribution in [2.45, 2.75) is 12.5 Å². The van der Waals surface area contributed by atoms with Gasteiger partial charge in [0.15, 0.2) is 9.84 Å². The van der Waals surface area contributed by atoms with Crippen molar-refractivity contribution in [3.8, 4) is 0 Å². The molecule has 1 aromatic rings. The van der Waals surface area contributed by atoms with Gasteiger partial charge in [0, 0.05) is 18.4 Å². The van der Waals surface area contributed by atoms with Gasteiger partial charge in [-0.1, -0.05) is 12.1 Å². The van der Waals surface area contributed by atoms with Crippen LogP contribution in [0.4, 0.5) is 9.18 Å². The number of thioether (sulfide) groups is 1. The Labute approximate surface area is 159 Å². The SMILES string of the molecule is O=C(CCN1C(=O)SC(=Cc2ccc(F)cc2)C1=O)NC1C=CS(=O)(=O)C1. The Hall–Kier alpha value is -2.46. The fourth-order valence-electron chi connectivity index (χ4n) is 2.56. The quantitative estimate of drug-likeness (QED) is 0.742. The molecule has 2 heterocycles. The molecular formula is C17H15FN2O5S2. The summed E-state index contributed by atoms with van der Waals surface area (Å²) in [7, 11) is -3.28. The van der Waals surface area contributed by atoms with Crippen LogP contribution in [-0.2, 0) is 19.4 Å². The lowest BCUT2D eigenvalue weighted by molar-refractivity contribution is -0.124. The van der Waals surface area contributed by atoms with Crippen molar-refractivity contribution in [1.82, 2.24) is 10.2 Å². The van der Waals surface area contributed by atoms with E-state index in [1.807, 2.05) is 0 Å². The van der Waals surface area contributed by atoms with Crippen molar-refractivity contribution in [1.29, 1.82) is 0 Å². The van der Waals surface area contributed by atoms with E-state index in [-0.39, 0.29) is 23.6 Å². The van der Waals surface area contributed by atoms with Gasteiger partial charge in [-0.15, -0.1) is 0 Å². The van der Waals surface area contributed by atoms with E-state index in [2.05, 4.69) is 5.32 Å². The molecule has 2 aliphatic heterocycles. The van der Waals surface area contributed by atoms with Crippen LogP contribution in [0.2, 0.25) is 0 Å². The maximum Gasteiger partial charge on any atom is 0.293 e. The average Bonchev–Trinajstić information content (AvgIpc) is 3.07. The molecule has 10 heteroatoms. The number of nitrogens with zero attached hydrogens (tertiary/aromatic N) is 1. The summed E-state index contributed by atoms with van der Waals surface area (Å²) in [5.41, 5.74) is 0.578. The molecule has 1 fully saturated rings. The van der Waals surface area contributed by atoms with E-state index in [1.165, 1.54) is 36.4 Å². The molecule has 1 saturated heterocycles. The molecule has 1 atom stereocenters. The monoisotopic (exact) mass is 410 g/mol. The third-order valence-corrected chi connectivity index (χ3v) is 6.18. The second-order valence-corrected chi connectivity index (χ2v) is 8.89. The van der Waals surface area contributed by atoms with Crippen LogP contribution in [0.3, 0.4) is 0 Å². The number of amides is 3. The van der Waals surface area contributed by atoms with Crippen LogP contribution in [-0.4, -0.2) is 48.7 Å². The maximum absolute atomic E-state index is 12.9. The minimum atomic E-state index is -3.28. The summed E-state index contributed by atoms with van der Waals surface area (Å²) < 4.78 is 35.6. The lowest BCUT2D eigenvalue weighted by Gasteiger charge is -2.14. The van der Waals surface area contributed by atoms with Crippen LogP contribution >= 0.6 is 11.8 Å². The highest BCUT2D eigenvalue weighted by molar-refractivity contribution is 8.18. The molecule has 7 nitrogen and oxygen atoms in total. The topological polar surface area (TPSA) is 101 Å². The number of benzene rings is 1. The summed E-state index contributed by atoms with van der Waals surface area (Å²) in [6.45, 7) is -0.111. The number of nitrogens with one attached hydrogen (secondary N) is 1. The number of imide groups is 1. The van der Waals surface area contributed by atoms with Gasteiger partial charge in [0.25, 0.3) is 11.1 Å².